The van der Waals surface area contributed by atoms with E-state index in [1.54, 1.807) is 16.3 Å². The molecule has 0 aromatic carbocycles. The largest absolute Gasteiger partial charge is 0.380 e. The molecule has 90 valence electrons. The second kappa shape index (κ2) is 10.3. The molecule has 0 aromatic heterocycles. The summed E-state index contributed by atoms with van der Waals surface area (Å²) in [7, 11) is 3.73. The molecule has 0 saturated heterocycles. The van der Waals surface area contributed by atoms with Gasteiger partial charge in [0.2, 0.25) is 5.91 Å². The molecule has 0 aliphatic heterocycles. The molecule has 0 fully saturated rings. The number of likely N-dealkylation sites (N-methyl/N-ethyl adjacent to an activating group) is 1. The number of amides is 1. The standard InChI is InChI=1S/C10H22N2O2S/c1-4-10(13)12(3)15-9-5-7-14-8-6-11-2/h11H,4-9H2,1-3H3. The van der Waals surface area contributed by atoms with Crippen molar-refractivity contribution in [3.05, 3.63) is 0 Å². The van der Waals surface area contributed by atoms with Crippen LogP contribution in [0.2, 0.25) is 0 Å². The molecule has 0 radical (unpaired) electrons. The highest BCUT2D eigenvalue weighted by molar-refractivity contribution is 7.97. The number of carbonyl (C=O) groups is 1. The van der Waals surface area contributed by atoms with E-state index >= 15 is 0 Å². The predicted molar refractivity (Wildman–Crippen MR) is 64.9 cm³/mol. The zero-order valence-corrected chi connectivity index (χ0v) is 10.7. The molecule has 0 bridgehead atoms. The van der Waals surface area contributed by atoms with Crippen LogP contribution in [-0.2, 0) is 9.53 Å². The zero-order chi connectivity index (χ0) is 11.5. The molecule has 0 aliphatic rings. The Morgan fingerprint density at radius 3 is 2.80 bits per heavy atom. The summed E-state index contributed by atoms with van der Waals surface area (Å²) >= 11 is 1.56. The highest BCUT2D eigenvalue weighted by atomic mass is 32.2. The topological polar surface area (TPSA) is 41.6 Å². The molecule has 15 heavy (non-hydrogen) atoms. The molecule has 5 heteroatoms. The number of ether oxygens (including phenoxy) is 1. The number of carbonyl (C=O) groups excluding carboxylic acids is 1. The third-order valence-corrected chi connectivity index (χ3v) is 2.93. The van der Waals surface area contributed by atoms with Crippen LogP contribution in [-0.4, -0.2) is 49.8 Å². The molecule has 0 atom stereocenters. The summed E-state index contributed by atoms with van der Waals surface area (Å²) in [6.45, 7) is 4.29. The van der Waals surface area contributed by atoms with E-state index in [1.165, 1.54) is 0 Å². The second-order valence-corrected chi connectivity index (χ2v) is 4.36. The number of nitrogens with zero attached hydrogens (tertiary/aromatic N) is 1. The molecule has 1 N–H and O–H groups in total. The number of nitrogens with one attached hydrogen (secondary N) is 1. The van der Waals surface area contributed by atoms with Gasteiger partial charge in [-0.25, -0.2) is 0 Å². The molecule has 0 spiro atoms. The first-order chi connectivity index (χ1) is 7.22. The first-order valence-corrected chi connectivity index (χ1v) is 6.28. The maximum atomic E-state index is 11.2. The van der Waals surface area contributed by atoms with Crippen LogP contribution in [0.4, 0.5) is 0 Å². The summed E-state index contributed by atoms with van der Waals surface area (Å²) < 4.78 is 7.07. The summed E-state index contributed by atoms with van der Waals surface area (Å²) in [4.78, 5) is 11.2. The first kappa shape index (κ1) is 14.7. The van der Waals surface area contributed by atoms with Crippen molar-refractivity contribution in [2.45, 2.75) is 19.8 Å². The van der Waals surface area contributed by atoms with Crippen LogP contribution in [0.3, 0.4) is 0 Å². The Balaban J connectivity index is 3.20. The van der Waals surface area contributed by atoms with Crippen molar-refractivity contribution in [2.24, 2.45) is 0 Å². The minimum absolute atomic E-state index is 0.177. The van der Waals surface area contributed by atoms with Crippen LogP contribution in [0.5, 0.6) is 0 Å². The highest BCUT2D eigenvalue weighted by Crippen LogP contribution is 2.09. The lowest BCUT2D eigenvalue weighted by molar-refractivity contribution is -0.124. The Morgan fingerprint density at radius 1 is 1.47 bits per heavy atom. The van der Waals surface area contributed by atoms with Gasteiger partial charge in [0.25, 0.3) is 0 Å². The van der Waals surface area contributed by atoms with Gasteiger partial charge < -0.3 is 10.1 Å². The smallest absolute Gasteiger partial charge is 0.231 e. The summed E-state index contributed by atoms with van der Waals surface area (Å²) in [5.41, 5.74) is 0. The van der Waals surface area contributed by atoms with Crippen molar-refractivity contribution in [1.29, 1.82) is 0 Å². The summed E-state index contributed by atoms with van der Waals surface area (Å²) in [6.07, 6.45) is 1.55. The minimum atomic E-state index is 0.177. The van der Waals surface area contributed by atoms with Gasteiger partial charge in [0.05, 0.1) is 6.61 Å². The zero-order valence-electron chi connectivity index (χ0n) is 9.91. The Bertz CT molecular complexity index is 168. The van der Waals surface area contributed by atoms with E-state index in [2.05, 4.69) is 5.32 Å². The van der Waals surface area contributed by atoms with E-state index in [9.17, 15) is 4.79 Å². The fourth-order valence-corrected chi connectivity index (χ4v) is 1.73. The Hall–Kier alpha value is -0.260. The Morgan fingerprint density at radius 2 is 2.20 bits per heavy atom. The normalized spacial score (nSPS) is 10.3. The average Bonchev–Trinajstić information content (AvgIpc) is 2.26. The van der Waals surface area contributed by atoms with Crippen LogP contribution >= 0.6 is 11.9 Å². The monoisotopic (exact) mass is 234 g/mol. The maximum absolute atomic E-state index is 11.2. The van der Waals surface area contributed by atoms with Gasteiger partial charge in [0.1, 0.15) is 0 Å². The SMILES string of the molecule is CCC(=O)N(C)SCCCOCCNC. The van der Waals surface area contributed by atoms with Crippen molar-refractivity contribution in [3.63, 3.8) is 0 Å². The molecular formula is C10H22N2O2S. The van der Waals surface area contributed by atoms with Gasteiger partial charge in [-0.05, 0) is 25.4 Å². The van der Waals surface area contributed by atoms with Gasteiger partial charge in [-0.3, -0.25) is 9.10 Å². The van der Waals surface area contributed by atoms with E-state index in [0.717, 1.165) is 31.9 Å². The lowest BCUT2D eigenvalue weighted by Crippen LogP contribution is -2.19. The van der Waals surface area contributed by atoms with Gasteiger partial charge in [-0.2, -0.15) is 0 Å². The first-order valence-electron chi connectivity index (χ1n) is 5.34. The average molecular weight is 234 g/mol. The fraction of sp³-hybridized carbons (Fsp3) is 0.900. The molecule has 0 aliphatic carbocycles. The van der Waals surface area contributed by atoms with Crippen LogP contribution in [0, 0.1) is 0 Å². The molecule has 0 unspecified atom stereocenters. The lowest BCUT2D eigenvalue weighted by atomic mass is 10.5. The van der Waals surface area contributed by atoms with Gasteiger partial charge in [-0.15, -0.1) is 0 Å². The number of hydrogen-bond acceptors (Lipinski definition) is 4. The highest BCUT2D eigenvalue weighted by Gasteiger charge is 2.05. The summed E-state index contributed by atoms with van der Waals surface area (Å²) in [5, 5.41) is 3.02. The van der Waals surface area contributed by atoms with Crippen molar-refractivity contribution < 1.29 is 9.53 Å². The lowest BCUT2D eigenvalue weighted by Gasteiger charge is -2.14. The number of hydrogen-bond donors (Lipinski definition) is 1. The van der Waals surface area contributed by atoms with Crippen molar-refractivity contribution in [3.8, 4) is 0 Å². The second-order valence-electron chi connectivity index (χ2n) is 3.15. The van der Waals surface area contributed by atoms with Crippen molar-refractivity contribution in [2.75, 3.05) is 39.6 Å². The molecular weight excluding hydrogens is 212 g/mol. The molecule has 4 nitrogen and oxygen atoms in total. The maximum Gasteiger partial charge on any atom is 0.231 e. The van der Waals surface area contributed by atoms with Gasteiger partial charge in [-0.1, -0.05) is 6.92 Å². The molecule has 1 amide bonds. The molecule has 0 saturated carbocycles. The van der Waals surface area contributed by atoms with E-state index < -0.39 is 0 Å². The summed E-state index contributed by atoms with van der Waals surface area (Å²) in [5.74, 6) is 1.11. The summed E-state index contributed by atoms with van der Waals surface area (Å²) in [6, 6.07) is 0. The van der Waals surface area contributed by atoms with E-state index in [4.69, 9.17) is 4.74 Å². The van der Waals surface area contributed by atoms with Gasteiger partial charge in [0.15, 0.2) is 0 Å². The van der Waals surface area contributed by atoms with Gasteiger partial charge in [0, 0.05) is 32.4 Å². The van der Waals surface area contributed by atoms with Crippen LogP contribution < -0.4 is 5.32 Å². The van der Waals surface area contributed by atoms with Crippen LogP contribution in [0.15, 0.2) is 0 Å². The van der Waals surface area contributed by atoms with Crippen LogP contribution in [0.25, 0.3) is 0 Å². The third kappa shape index (κ3) is 8.72. The fourth-order valence-electron chi connectivity index (χ4n) is 0.933. The molecule has 0 aromatic rings. The van der Waals surface area contributed by atoms with Gasteiger partial charge >= 0.3 is 0 Å². The molecule has 0 heterocycles. The molecule has 0 rings (SSSR count). The van der Waals surface area contributed by atoms with E-state index in [-0.39, 0.29) is 5.91 Å². The predicted octanol–water partition coefficient (Wildman–Crippen LogP) is 1.13. The number of rotatable bonds is 9. The Labute approximate surface area is 96.9 Å². The van der Waals surface area contributed by atoms with Crippen LogP contribution in [0.1, 0.15) is 19.8 Å². The quantitative estimate of drug-likeness (QED) is 0.480. The third-order valence-electron chi connectivity index (χ3n) is 1.87. The van der Waals surface area contributed by atoms with Crippen molar-refractivity contribution in [1.82, 2.24) is 9.62 Å². The minimum Gasteiger partial charge on any atom is -0.380 e. The van der Waals surface area contributed by atoms with E-state index in [1.807, 2.05) is 21.0 Å². The van der Waals surface area contributed by atoms with Crippen molar-refractivity contribution >= 4 is 17.9 Å². The van der Waals surface area contributed by atoms with E-state index in [0.29, 0.717) is 6.42 Å². The Kier molecular flexibility index (Phi) is 10.1.